The van der Waals surface area contributed by atoms with E-state index in [-0.39, 0.29) is 5.56 Å². The molecular formula is C6H7N5O. The second-order valence-electron chi connectivity index (χ2n) is 2.55. The van der Waals surface area contributed by atoms with Crippen LogP contribution in [0.15, 0.2) is 11.1 Å². The van der Waals surface area contributed by atoms with Crippen molar-refractivity contribution in [3.63, 3.8) is 0 Å². The van der Waals surface area contributed by atoms with Gasteiger partial charge in [0.1, 0.15) is 0 Å². The number of hydrogen-bond acceptors (Lipinski definition) is 4. The van der Waals surface area contributed by atoms with Gasteiger partial charge in [-0.25, -0.2) is 9.67 Å². The standard InChI is InChI=1S/C6H7N5O/c1-10-3-7-5-4(10)6(12)11(2)9-8-5/h3H,1-2H3. The molecule has 0 aliphatic rings. The van der Waals surface area contributed by atoms with Gasteiger partial charge in [0.25, 0.3) is 5.56 Å². The van der Waals surface area contributed by atoms with Crippen molar-refractivity contribution >= 4 is 11.2 Å². The zero-order valence-electron chi connectivity index (χ0n) is 6.72. The number of nitrogens with zero attached hydrogens (tertiary/aromatic N) is 5. The summed E-state index contributed by atoms with van der Waals surface area (Å²) < 4.78 is 2.82. The first-order chi connectivity index (χ1) is 5.70. The number of aryl methyl sites for hydroxylation is 2. The van der Waals surface area contributed by atoms with Crippen molar-refractivity contribution in [3.8, 4) is 0 Å². The third kappa shape index (κ3) is 0.744. The van der Waals surface area contributed by atoms with Gasteiger partial charge < -0.3 is 4.57 Å². The molecule has 0 radical (unpaired) electrons. The largest absolute Gasteiger partial charge is 0.328 e. The molecule has 2 aromatic heterocycles. The molecule has 0 bridgehead atoms. The highest BCUT2D eigenvalue weighted by Gasteiger charge is 2.06. The van der Waals surface area contributed by atoms with Crippen LogP contribution >= 0.6 is 0 Å². The molecule has 6 nitrogen and oxygen atoms in total. The Morgan fingerprint density at radius 3 is 2.92 bits per heavy atom. The molecule has 0 spiro atoms. The van der Waals surface area contributed by atoms with Gasteiger partial charge in [0.15, 0.2) is 5.52 Å². The van der Waals surface area contributed by atoms with Crippen LogP contribution in [0.4, 0.5) is 0 Å². The molecule has 2 aromatic rings. The highest BCUT2D eigenvalue weighted by Crippen LogP contribution is 1.99. The van der Waals surface area contributed by atoms with Gasteiger partial charge in [-0.1, -0.05) is 5.21 Å². The van der Waals surface area contributed by atoms with E-state index in [2.05, 4.69) is 15.3 Å². The fourth-order valence-electron chi connectivity index (χ4n) is 1.04. The minimum Gasteiger partial charge on any atom is -0.328 e. The first-order valence-electron chi connectivity index (χ1n) is 3.41. The summed E-state index contributed by atoms with van der Waals surface area (Å²) in [6.07, 6.45) is 1.54. The summed E-state index contributed by atoms with van der Waals surface area (Å²) in [5, 5.41) is 7.34. The highest BCUT2D eigenvalue weighted by atomic mass is 16.1. The molecule has 62 valence electrons. The van der Waals surface area contributed by atoms with E-state index in [0.29, 0.717) is 11.2 Å². The fraction of sp³-hybridized carbons (Fsp3) is 0.333. The molecule has 0 unspecified atom stereocenters. The molecule has 0 aliphatic carbocycles. The Labute approximate surface area is 67.4 Å². The molecule has 0 fully saturated rings. The summed E-state index contributed by atoms with van der Waals surface area (Å²) in [6.45, 7) is 0. The van der Waals surface area contributed by atoms with E-state index in [0.717, 1.165) is 0 Å². The van der Waals surface area contributed by atoms with E-state index in [1.807, 2.05) is 0 Å². The molecule has 0 aromatic carbocycles. The van der Waals surface area contributed by atoms with Gasteiger partial charge >= 0.3 is 0 Å². The lowest BCUT2D eigenvalue weighted by molar-refractivity contribution is 0.651. The van der Waals surface area contributed by atoms with E-state index in [9.17, 15) is 4.79 Å². The van der Waals surface area contributed by atoms with Gasteiger partial charge in [-0.3, -0.25) is 4.79 Å². The Bertz CT molecular complexity index is 482. The van der Waals surface area contributed by atoms with E-state index in [4.69, 9.17) is 0 Å². The maximum Gasteiger partial charge on any atom is 0.295 e. The monoisotopic (exact) mass is 165 g/mol. The Morgan fingerprint density at radius 2 is 2.17 bits per heavy atom. The van der Waals surface area contributed by atoms with Gasteiger partial charge in [0.2, 0.25) is 5.65 Å². The number of aromatic nitrogens is 5. The lowest BCUT2D eigenvalue weighted by Gasteiger charge is -1.94. The first kappa shape index (κ1) is 6.96. The Kier molecular flexibility index (Phi) is 1.24. The van der Waals surface area contributed by atoms with Crippen molar-refractivity contribution in [3.05, 3.63) is 16.7 Å². The molecule has 0 N–H and O–H groups in total. The van der Waals surface area contributed by atoms with Gasteiger partial charge in [-0.05, 0) is 0 Å². The van der Waals surface area contributed by atoms with Gasteiger partial charge in [0.05, 0.1) is 6.33 Å². The summed E-state index contributed by atoms with van der Waals surface area (Å²) in [5.74, 6) is 0. The smallest absolute Gasteiger partial charge is 0.295 e. The average Bonchev–Trinajstić information content (AvgIpc) is 2.41. The van der Waals surface area contributed by atoms with Crippen molar-refractivity contribution in [2.24, 2.45) is 14.1 Å². The van der Waals surface area contributed by atoms with Crippen LogP contribution in [-0.4, -0.2) is 24.5 Å². The van der Waals surface area contributed by atoms with Crippen LogP contribution in [0, 0.1) is 0 Å². The van der Waals surface area contributed by atoms with Crippen LogP contribution < -0.4 is 5.56 Å². The Balaban J connectivity index is 3.06. The van der Waals surface area contributed by atoms with Crippen molar-refractivity contribution < 1.29 is 0 Å². The highest BCUT2D eigenvalue weighted by molar-refractivity contribution is 5.68. The molecule has 0 atom stereocenters. The number of hydrogen-bond donors (Lipinski definition) is 0. The number of rotatable bonds is 0. The van der Waals surface area contributed by atoms with Crippen molar-refractivity contribution in [1.29, 1.82) is 0 Å². The predicted molar refractivity (Wildman–Crippen MR) is 41.5 cm³/mol. The molecule has 6 heteroatoms. The third-order valence-electron chi connectivity index (χ3n) is 1.69. The van der Waals surface area contributed by atoms with Crippen LogP contribution in [0.2, 0.25) is 0 Å². The van der Waals surface area contributed by atoms with E-state index in [1.54, 1.807) is 25.0 Å². The van der Waals surface area contributed by atoms with E-state index < -0.39 is 0 Å². The maximum absolute atomic E-state index is 11.4. The molecule has 0 saturated heterocycles. The second-order valence-corrected chi connectivity index (χ2v) is 2.55. The SMILES string of the molecule is Cn1nnc2ncn(C)c2c1=O. The van der Waals surface area contributed by atoms with Crippen molar-refractivity contribution in [2.45, 2.75) is 0 Å². The quantitative estimate of drug-likeness (QED) is 0.505. The van der Waals surface area contributed by atoms with Crippen molar-refractivity contribution in [1.82, 2.24) is 24.5 Å². The average molecular weight is 165 g/mol. The van der Waals surface area contributed by atoms with Crippen LogP contribution in [0.1, 0.15) is 0 Å². The lowest BCUT2D eigenvalue weighted by Crippen LogP contribution is -2.22. The first-order valence-corrected chi connectivity index (χ1v) is 3.41. The van der Waals surface area contributed by atoms with Crippen molar-refractivity contribution in [2.75, 3.05) is 0 Å². The summed E-state index contributed by atoms with van der Waals surface area (Å²) >= 11 is 0. The van der Waals surface area contributed by atoms with Crippen LogP contribution in [0.25, 0.3) is 11.2 Å². The Morgan fingerprint density at radius 1 is 1.42 bits per heavy atom. The second kappa shape index (κ2) is 2.13. The van der Waals surface area contributed by atoms with Crippen LogP contribution in [0.5, 0.6) is 0 Å². The topological polar surface area (TPSA) is 65.6 Å². The normalized spacial score (nSPS) is 10.8. The minimum absolute atomic E-state index is 0.181. The predicted octanol–water partition coefficient (Wildman–Crippen LogP) is -0.938. The van der Waals surface area contributed by atoms with Crippen LogP contribution in [-0.2, 0) is 14.1 Å². The van der Waals surface area contributed by atoms with Gasteiger partial charge in [-0.15, -0.1) is 5.10 Å². The summed E-state index contributed by atoms with van der Waals surface area (Å²) in [4.78, 5) is 15.3. The van der Waals surface area contributed by atoms with E-state index in [1.165, 1.54) is 4.68 Å². The summed E-state index contributed by atoms with van der Waals surface area (Å²) in [5.41, 5.74) is 0.688. The van der Waals surface area contributed by atoms with Crippen LogP contribution in [0.3, 0.4) is 0 Å². The fourth-order valence-corrected chi connectivity index (χ4v) is 1.04. The molecule has 0 aliphatic heterocycles. The Hall–Kier alpha value is -1.72. The zero-order valence-corrected chi connectivity index (χ0v) is 6.72. The van der Waals surface area contributed by atoms with Gasteiger partial charge in [-0.2, -0.15) is 0 Å². The summed E-state index contributed by atoms with van der Waals surface area (Å²) in [7, 11) is 3.31. The van der Waals surface area contributed by atoms with Gasteiger partial charge in [0, 0.05) is 14.1 Å². The third-order valence-corrected chi connectivity index (χ3v) is 1.69. The minimum atomic E-state index is -0.181. The lowest BCUT2D eigenvalue weighted by atomic mass is 10.5. The molecule has 0 amide bonds. The molecule has 12 heavy (non-hydrogen) atoms. The number of imidazole rings is 1. The van der Waals surface area contributed by atoms with E-state index >= 15 is 0 Å². The zero-order chi connectivity index (χ0) is 8.72. The molecular weight excluding hydrogens is 158 g/mol. The molecule has 2 rings (SSSR count). The molecule has 2 heterocycles. The molecule has 0 saturated carbocycles. The maximum atomic E-state index is 11.4. The summed E-state index contributed by atoms with van der Waals surface area (Å²) in [6, 6.07) is 0. The number of fused-ring (bicyclic) bond motifs is 1.